The van der Waals surface area contributed by atoms with E-state index in [-0.39, 0.29) is 17.7 Å². The van der Waals surface area contributed by atoms with Crippen LogP contribution in [0.1, 0.15) is 34.6 Å². The predicted octanol–water partition coefficient (Wildman–Crippen LogP) is 1.51. The van der Waals surface area contributed by atoms with Crippen molar-refractivity contribution in [1.29, 1.82) is 0 Å². The lowest BCUT2D eigenvalue weighted by Gasteiger charge is -2.50. The zero-order valence-corrected chi connectivity index (χ0v) is 10.4. The summed E-state index contributed by atoms with van der Waals surface area (Å²) in [5.74, 6) is 0.818. The Hall–Kier alpha value is -0.570. The Morgan fingerprint density at radius 2 is 1.67 bits per heavy atom. The van der Waals surface area contributed by atoms with Gasteiger partial charge in [-0.25, -0.2) is 0 Å². The van der Waals surface area contributed by atoms with Gasteiger partial charge in [0.15, 0.2) is 0 Å². The first-order valence-corrected chi connectivity index (χ1v) is 5.79. The molecule has 1 aliphatic heterocycles. The molecule has 0 spiro atoms. The van der Waals surface area contributed by atoms with Crippen LogP contribution in [0.5, 0.6) is 0 Å². The summed E-state index contributed by atoms with van der Waals surface area (Å²) in [5, 5.41) is 10.0. The molecule has 1 aliphatic rings. The lowest BCUT2D eigenvalue weighted by molar-refractivity contribution is -0.168. The summed E-state index contributed by atoms with van der Waals surface area (Å²) in [7, 11) is 0. The van der Waals surface area contributed by atoms with Gasteiger partial charge in [-0.15, -0.1) is 0 Å². The molecule has 3 nitrogen and oxygen atoms in total. The molecule has 0 aromatic heterocycles. The van der Waals surface area contributed by atoms with E-state index in [4.69, 9.17) is 0 Å². The van der Waals surface area contributed by atoms with E-state index in [9.17, 15) is 9.90 Å². The zero-order chi connectivity index (χ0) is 11.8. The maximum absolute atomic E-state index is 11.9. The summed E-state index contributed by atoms with van der Waals surface area (Å²) in [4.78, 5) is 13.7. The second-order valence-corrected chi connectivity index (χ2v) is 5.49. The minimum absolute atomic E-state index is 0.0571. The van der Waals surface area contributed by atoms with Gasteiger partial charge in [0.05, 0.1) is 13.1 Å². The van der Waals surface area contributed by atoms with Crippen LogP contribution in [0, 0.1) is 17.8 Å². The Balaban J connectivity index is 2.49. The van der Waals surface area contributed by atoms with Crippen molar-refractivity contribution in [1.82, 2.24) is 4.90 Å². The molecule has 1 fully saturated rings. The van der Waals surface area contributed by atoms with Gasteiger partial charge in [-0.3, -0.25) is 4.79 Å². The molecule has 0 aliphatic carbocycles. The van der Waals surface area contributed by atoms with Crippen LogP contribution in [-0.4, -0.2) is 34.6 Å². The highest BCUT2D eigenvalue weighted by Gasteiger charge is 2.46. The van der Waals surface area contributed by atoms with Gasteiger partial charge in [-0.1, -0.05) is 34.6 Å². The molecule has 3 heteroatoms. The van der Waals surface area contributed by atoms with Gasteiger partial charge in [0, 0.05) is 5.92 Å². The molecular formula is C12H23NO2. The summed E-state index contributed by atoms with van der Waals surface area (Å²) >= 11 is 0. The molecule has 0 bridgehead atoms. The predicted molar refractivity (Wildman–Crippen MR) is 60.4 cm³/mol. The highest BCUT2D eigenvalue weighted by molar-refractivity contribution is 5.79. The molecule has 0 saturated carbocycles. The maximum Gasteiger partial charge on any atom is 0.225 e. The molecule has 0 aromatic carbocycles. The summed E-state index contributed by atoms with van der Waals surface area (Å²) in [6.07, 6.45) is 0. The highest BCUT2D eigenvalue weighted by Crippen LogP contribution is 2.30. The number of nitrogens with zero attached hydrogens (tertiary/aromatic N) is 1. The number of rotatable bonds is 3. The second-order valence-electron chi connectivity index (χ2n) is 5.49. The van der Waals surface area contributed by atoms with Crippen molar-refractivity contribution in [2.75, 3.05) is 13.1 Å². The number of carbonyl (C=O) groups excluding carboxylic acids is 1. The third-order valence-corrected chi connectivity index (χ3v) is 3.71. The molecule has 1 amide bonds. The summed E-state index contributed by atoms with van der Waals surface area (Å²) in [6.45, 7) is 11.1. The first-order chi connectivity index (χ1) is 6.78. The molecule has 0 radical (unpaired) electrons. The number of hydrogen-bond acceptors (Lipinski definition) is 2. The van der Waals surface area contributed by atoms with E-state index in [0.717, 1.165) is 0 Å². The number of aliphatic hydroxyl groups is 1. The minimum Gasteiger partial charge on any atom is -0.386 e. The summed E-state index contributed by atoms with van der Waals surface area (Å²) in [6, 6.07) is 0. The monoisotopic (exact) mass is 213 g/mol. The van der Waals surface area contributed by atoms with Crippen LogP contribution < -0.4 is 0 Å². The Bertz CT molecular complexity index is 242. The number of carbonyl (C=O) groups is 1. The standard InChI is InChI=1S/C12H23NO2/c1-8(2)10(5)11(14)13-6-12(15,7-13)9(3)4/h8-10,15H,6-7H2,1-5H3. The molecule has 15 heavy (non-hydrogen) atoms. The lowest BCUT2D eigenvalue weighted by Crippen LogP contribution is -2.66. The number of β-amino-alcohol motifs (C(OH)–C–C–N with tert-alkyl or cyclic N) is 1. The second kappa shape index (κ2) is 4.12. The molecular weight excluding hydrogens is 190 g/mol. The van der Waals surface area contributed by atoms with Crippen molar-refractivity contribution >= 4 is 5.91 Å². The molecule has 0 aromatic rings. The number of hydrogen-bond donors (Lipinski definition) is 1. The molecule has 1 heterocycles. The lowest BCUT2D eigenvalue weighted by atomic mass is 9.81. The Morgan fingerprint density at radius 1 is 1.20 bits per heavy atom. The van der Waals surface area contributed by atoms with Gasteiger partial charge in [0.2, 0.25) is 5.91 Å². The Kier molecular flexibility index (Phi) is 3.44. The average molecular weight is 213 g/mol. The van der Waals surface area contributed by atoms with E-state index in [1.807, 2.05) is 20.8 Å². The van der Waals surface area contributed by atoms with E-state index < -0.39 is 5.60 Å². The fraction of sp³-hybridized carbons (Fsp3) is 0.917. The van der Waals surface area contributed by atoms with Crippen molar-refractivity contribution in [3.63, 3.8) is 0 Å². The normalized spacial score (nSPS) is 21.7. The van der Waals surface area contributed by atoms with Crippen molar-refractivity contribution < 1.29 is 9.90 Å². The molecule has 1 N–H and O–H groups in total. The van der Waals surface area contributed by atoms with E-state index in [1.165, 1.54) is 0 Å². The van der Waals surface area contributed by atoms with Gasteiger partial charge >= 0.3 is 0 Å². The van der Waals surface area contributed by atoms with Crippen molar-refractivity contribution in [2.24, 2.45) is 17.8 Å². The van der Waals surface area contributed by atoms with Crippen LogP contribution in [0.25, 0.3) is 0 Å². The average Bonchev–Trinajstić information content (AvgIpc) is 2.09. The van der Waals surface area contributed by atoms with Crippen LogP contribution in [0.4, 0.5) is 0 Å². The van der Waals surface area contributed by atoms with Crippen molar-refractivity contribution in [3.05, 3.63) is 0 Å². The fourth-order valence-electron chi connectivity index (χ4n) is 1.71. The van der Waals surface area contributed by atoms with Gasteiger partial charge < -0.3 is 10.0 Å². The maximum atomic E-state index is 11.9. The van der Waals surface area contributed by atoms with E-state index in [1.54, 1.807) is 4.90 Å². The Morgan fingerprint density at radius 3 is 2.00 bits per heavy atom. The molecule has 1 saturated heterocycles. The molecule has 1 rings (SSSR count). The van der Waals surface area contributed by atoms with Crippen molar-refractivity contribution in [2.45, 2.75) is 40.2 Å². The zero-order valence-electron chi connectivity index (χ0n) is 10.4. The first-order valence-electron chi connectivity index (χ1n) is 5.79. The van der Waals surface area contributed by atoms with Crippen LogP contribution in [0.2, 0.25) is 0 Å². The first kappa shape index (κ1) is 12.5. The van der Waals surface area contributed by atoms with Gasteiger partial charge in [-0.05, 0) is 11.8 Å². The smallest absolute Gasteiger partial charge is 0.225 e. The third kappa shape index (κ3) is 2.33. The van der Waals surface area contributed by atoms with E-state index >= 15 is 0 Å². The van der Waals surface area contributed by atoms with E-state index in [2.05, 4.69) is 13.8 Å². The highest BCUT2D eigenvalue weighted by atomic mass is 16.3. The SMILES string of the molecule is CC(C)C(C)C(=O)N1CC(O)(C(C)C)C1. The third-order valence-electron chi connectivity index (χ3n) is 3.71. The minimum atomic E-state index is -0.646. The van der Waals surface area contributed by atoms with Gasteiger partial charge in [0.25, 0.3) is 0 Å². The van der Waals surface area contributed by atoms with Gasteiger partial charge in [0.1, 0.15) is 5.60 Å². The van der Waals surface area contributed by atoms with Crippen LogP contribution in [0.15, 0.2) is 0 Å². The largest absolute Gasteiger partial charge is 0.386 e. The van der Waals surface area contributed by atoms with Gasteiger partial charge in [-0.2, -0.15) is 0 Å². The van der Waals surface area contributed by atoms with Crippen LogP contribution >= 0.6 is 0 Å². The summed E-state index contributed by atoms with van der Waals surface area (Å²) in [5.41, 5.74) is -0.646. The molecule has 1 unspecified atom stereocenters. The Labute approximate surface area is 92.5 Å². The summed E-state index contributed by atoms with van der Waals surface area (Å²) < 4.78 is 0. The number of amides is 1. The molecule has 1 atom stereocenters. The quantitative estimate of drug-likeness (QED) is 0.772. The number of likely N-dealkylation sites (tertiary alicyclic amines) is 1. The molecule has 88 valence electrons. The fourth-order valence-corrected chi connectivity index (χ4v) is 1.71. The van der Waals surface area contributed by atoms with Crippen molar-refractivity contribution in [3.8, 4) is 0 Å². The van der Waals surface area contributed by atoms with Crippen LogP contribution in [0.3, 0.4) is 0 Å². The van der Waals surface area contributed by atoms with Crippen LogP contribution in [-0.2, 0) is 4.79 Å². The van der Waals surface area contributed by atoms with E-state index in [0.29, 0.717) is 19.0 Å². The topological polar surface area (TPSA) is 40.5 Å².